The number of para-hydroxylation sites is 1. The number of nitrogens with zero attached hydrogens (tertiary/aromatic N) is 2. The van der Waals surface area contributed by atoms with E-state index >= 15 is 0 Å². The zero-order chi connectivity index (χ0) is 11.9. The summed E-state index contributed by atoms with van der Waals surface area (Å²) in [4.78, 5) is 0. The van der Waals surface area contributed by atoms with Gasteiger partial charge < -0.3 is 10.4 Å². The van der Waals surface area contributed by atoms with Gasteiger partial charge >= 0.3 is 0 Å². The Morgan fingerprint density at radius 2 is 2.00 bits per heavy atom. The van der Waals surface area contributed by atoms with Crippen LogP contribution in [0.3, 0.4) is 0 Å². The Labute approximate surface area is 101 Å². The lowest BCUT2D eigenvalue weighted by Crippen LogP contribution is -2.16. The molecule has 0 saturated carbocycles. The largest absolute Gasteiger partial charge is 0.396 e. The summed E-state index contributed by atoms with van der Waals surface area (Å²) in [5.41, 5.74) is 2.07. The van der Waals surface area contributed by atoms with Gasteiger partial charge in [0.15, 0.2) is 0 Å². The fourth-order valence-electron chi connectivity index (χ4n) is 1.60. The minimum absolute atomic E-state index is 0.228. The molecular formula is C13H17N3O. The molecule has 0 fully saturated rings. The Kier molecular flexibility index (Phi) is 4.30. The van der Waals surface area contributed by atoms with Crippen molar-refractivity contribution in [1.82, 2.24) is 15.1 Å². The van der Waals surface area contributed by atoms with Crippen molar-refractivity contribution in [3.05, 3.63) is 48.3 Å². The quantitative estimate of drug-likeness (QED) is 0.738. The van der Waals surface area contributed by atoms with Crippen molar-refractivity contribution < 1.29 is 5.11 Å². The fourth-order valence-corrected chi connectivity index (χ4v) is 1.60. The van der Waals surface area contributed by atoms with Gasteiger partial charge in [-0.05, 0) is 31.2 Å². The van der Waals surface area contributed by atoms with Crippen molar-refractivity contribution in [2.24, 2.45) is 0 Å². The van der Waals surface area contributed by atoms with Crippen molar-refractivity contribution in [3.63, 3.8) is 0 Å². The maximum absolute atomic E-state index is 8.66. The first-order valence-corrected chi connectivity index (χ1v) is 5.81. The van der Waals surface area contributed by atoms with Crippen molar-refractivity contribution in [2.75, 3.05) is 13.2 Å². The predicted molar refractivity (Wildman–Crippen MR) is 67.0 cm³/mol. The lowest BCUT2D eigenvalue weighted by atomic mass is 10.3. The molecule has 0 radical (unpaired) electrons. The molecule has 1 heterocycles. The average molecular weight is 231 g/mol. The van der Waals surface area contributed by atoms with Crippen molar-refractivity contribution in [1.29, 1.82) is 0 Å². The van der Waals surface area contributed by atoms with Gasteiger partial charge in [0, 0.05) is 19.3 Å². The van der Waals surface area contributed by atoms with Gasteiger partial charge in [0.05, 0.1) is 11.4 Å². The molecule has 2 rings (SSSR count). The van der Waals surface area contributed by atoms with Crippen LogP contribution in [-0.4, -0.2) is 28.0 Å². The van der Waals surface area contributed by atoms with E-state index in [9.17, 15) is 0 Å². The minimum atomic E-state index is 0.228. The van der Waals surface area contributed by atoms with Gasteiger partial charge in [-0.2, -0.15) is 5.10 Å². The first-order valence-electron chi connectivity index (χ1n) is 5.81. The van der Waals surface area contributed by atoms with Crippen LogP contribution in [-0.2, 0) is 6.54 Å². The number of benzene rings is 1. The summed E-state index contributed by atoms with van der Waals surface area (Å²) < 4.78 is 1.86. The van der Waals surface area contributed by atoms with Gasteiger partial charge in [-0.25, -0.2) is 4.68 Å². The highest BCUT2D eigenvalue weighted by molar-refractivity contribution is 5.30. The molecule has 0 bridgehead atoms. The molecule has 0 atom stereocenters. The van der Waals surface area contributed by atoms with Crippen LogP contribution in [0.5, 0.6) is 0 Å². The molecule has 4 nitrogen and oxygen atoms in total. The van der Waals surface area contributed by atoms with Gasteiger partial charge in [-0.15, -0.1) is 0 Å². The monoisotopic (exact) mass is 231 g/mol. The number of hydrogen-bond donors (Lipinski definition) is 2. The Hall–Kier alpha value is -1.65. The number of hydrogen-bond acceptors (Lipinski definition) is 3. The first kappa shape index (κ1) is 11.8. The molecule has 0 aliphatic carbocycles. The minimum Gasteiger partial charge on any atom is -0.396 e. The topological polar surface area (TPSA) is 50.1 Å². The summed E-state index contributed by atoms with van der Waals surface area (Å²) in [6, 6.07) is 12.0. The van der Waals surface area contributed by atoms with Crippen molar-refractivity contribution in [2.45, 2.75) is 13.0 Å². The molecule has 1 aromatic heterocycles. The molecule has 0 aliphatic rings. The lowest BCUT2D eigenvalue weighted by molar-refractivity contribution is 0.286. The lowest BCUT2D eigenvalue weighted by Gasteiger charge is -2.01. The van der Waals surface area contributed by atoms with Crippen LogP contribution in [0, 0.1) is 0 Å². The predicted octanol–water partition coefficient (Wildman–Crippen LogP) is 1.34. The second kappa shape index (κ2) is 6.18. The Morgan fingerprint density at radius 3 is 2.76 bits per heavy atom. The normalized spacial score (nSPS) is 10.6. The summed E-state index contributed by atoms with van der Waals surface area (Å²) in [7, 11) is 0. The van der Waals surface area contributed by atoms with Gasteiger partial charge in [0.1, 0.15) is 0 Å². The third-order valence-corrected chi connectivity index (χ3v) is 2.48. The SMILES string of the molecule is OCCCNCc1ccn(-c2ccccc2)n1. The van der Waals surface area contributed by atoms with E-state index < -0.39 is 0 Å². The van der Waals surface area contributed by atoms with Gasteiger partial charge in [-0.1, -0.05) is 18.2 Å². The van der Waals surface area contributed by atoms with Crippen LogP contribution >= 0.6 is 0 Å². The van der Waals surface area contributed by atoms with E-state index in [1.807, 2.05) is 47.3 Å². The molecule has 17 heavy (non-hydrogen) atoms. The Balaban J connectivity index is 1.92. The Bertz CT molecular complexity index is 439. The molecule has 4 heteroatoms. The maximum atomic E-state index is 8.66. The van der Waals surface area contributed by atoms with Gasteiger partial charge in [0.25, 0.3) is 0 Å². The number of rotatable bonds is 6. The molecule has 0 unspecified atom stereocenters. The van der Waals surface area contributed by atoms with E-state index in [1.54, 1.807) is 0 Å². The highest BCUT2D eigenvalue weighted by atomic mass is 16.3. The molecule has 90 valence electrons. The van der Waals surface area contributed by atoms with E-state index in [0.717, 1.165) is 30.9 Å². The number of nitrogens with one attached hydrogen (secondary N) is 1. The van der Waals surface area contributed by atoms with E-state index in [2.05, 4.69) is 10.4 Å². The Morgan fingerprint density at radius 1 is 1.18 bits per heavy atom. The number of aliphatic hydroxyl groups excluding tert-OH is 1. The molecule has 0 spiro atoms. The standard InChI is InChI=1S/C13H17N3O/c17-10-4-8-14-11-12-7-9-16(15-12)13-5-2-1-3-6-13/h1-3,5-7,9,14,17H,4,8,10-11H2. The van der Waals surface area contributed by atoms with E-state index in [1.165, 1.54) is 0 Å². The molecule has 2 N–H and O–H groups in total. The zero-order valence-corrected chi connectivity index (χ0v) is 9.71. The van der Waals surface area contributed by atoms with Crippen molar-refractivity contribution >= 4 is 0 Å². The summed E-state index contributed by atoms with van der Waals surface area (Å²) in [6.45, 7) is 1.78. The third-order valence-electron chi connectivity index (χ3n) is 2.48. The summed E-state index contributed by atoms with van der Waals surface area (Å²) >= 11 is 0. The molecule has 0 aliphatic heterocycles. The van der Waals surface area contributed by atoms with E-state index in [-0.39, 0.29) is 6.61 Å². The van der Waals surface area contributed by atoms with Crippen LogP contribution in [0.2, 0.25) is 0 Å². The fraction of sp³-hybridized carbons (Fsp3) is 0.308. The summed E-state index contributed by atoms with van der Waals surface area (Å²) in [5, 5.41) is 16.4. The van der Waals surface area contributed by atoms with Crippen molar-refractivity contribution in [3.8, 4) is 5.69 Å². The second-order valence-corrected chi connectivity index (χ2v) is 3.84. The molecule has 0 saturated heterocycles. The summed E-state index contributed by atoms with van der Waals surface area (Å²) in [6.07, 6.45) is 2.73. The van der Waals surface area contributed by atoms with E-state index in [4.69, 9.17) is 5.11 Å². The average Bonchev–Trinajstić information content (AvgIpc) is 2.85. The smallest absolute Gasteiger partial charge is 0.0766 e. The van der Waals surface area contributed by atoms with Crippen LogP contribution in [0.1, 0.15) is 12.1 Å². The molecule has 1 aromatic carbocycles. The zero-order valence-electron chi connectivity index (χ0n) is 9.71. The van der Waals surface area contributed by atoms with E-state index in [0.29, 0.717) is 0 Å². The third kappa shape index (κ3) is 3.41. The van der Waals surface area contributed by atoms with Crippen LogP contribution in [0.15, 0.2) is 42.6 Å². The highest BCUT2D eigenvalue weighted by Gasteiger charge is 1.99. The number of aromatic nitrogens is 2. The molecular weight excluding hydrogens is 214 g/mol. The first-order chi connectivity index (χ1) is 8.40. The van der Waals surface area contributed by atoms with Gasteiger partial charge in [0.2, 0.25) is 0 Å². The maximum Gasteiger partial charge on any atom is 0.0766 e. The van der Waals surface area contributed by atoms with Gasteiger partial charge in [-0.3, -0.25) is 0 Å². The second-order valence-electron chi connectivity index (χ2n) is 3.84. The van der Waals surface area contributed by atoms with Crippen LogP contribution < -0.4 is 5.32 Å². The molecule has 2 aromatic rings. The van der Waals surface area contributed by atoms with Crippen LogP contribution in [0.25, 0.3) is 5.69 Å². The molecule has 0 amide bonds. The summed E-state index contributed by atoms with van der Waals surface area (Å²) in [5.74, 6) is 0. The van der Waals surface area contributed by atoms with Crippen LogP contribution in [0.4, 0.5) is 0 Å². The number of aliphatic hydroxyl groups is 1. The highest BCUT2D eigenvalue weighted by Crippen LogP contribution is 2.06.